The number of aryl methyl sites for hydroxylation is 2. The van der Waals surface area contributed by atoms with Crippen LogP contribution in [0.1, 0.15) is 28.4 Å². The van der Waals surface area contributed by atoms with E-state index in [2.05, 4.69) is 35.3 Å². The van der Waals surface area contributed by atoms with Gasteiger partial charge in [-0.05, 0) is 67.9 Å². The highest BCUT2D eigenvalue weighted by Gasteiger charge is 2.41. The molecule has 5 aromatic rings. The maximum absolute atomic E-state index is 14.1. The van der Waals surface area contributed by atoms with Crippen molar-refractivity contribution in [3.63, 3.8) is 0 Å². The first kappa shape index (κ1) is 23.1. The number of fused-ring (bicyclic) bond motifs is 4. The van der Waals surface area contributed by atoms with Gasteiger partial charge in [0.2, 0.25) is 0 Å². The fourth-order valence-corrected chi connectivity index (χ4v) is 5.28. The van der Waals surface area contributed by atoms with Crippen molar-refractivity contribution in [2.45, 2.75) is 19.9 Å². The Morgan fingerprint density at radius 1 is 0.769 bits per heavy atom. The highest BCUT2D eigenvalue weighted by atomic mass is 19.1. The number of nitrogens with one attached hydrogen (secondary N) is 1. The lowest BCUT2D eigenvalue weighted by Gasteiger charge is -2.40. The number of para-hydroxylation sites is 3. The van der Waals surface area contributed by atoms with E-state index in [1.165, 1.54) is 17.7 Å². The summed E-state index contributed by atoms with van der Waals surface area (Å²) < 4.78 is 16.0. The maximum atomic E-state index is 14.1. The van der Waals surface area contributed by atoms with Crippen LogP contribution in [-0.2, 0) is 0 Å². The van der Waals surface area contributed by atoms with Crippen LogP contribution in [0.3, 0.4) is 0 Å². The molecule has 39 heavy (non-hydrogen) atoms. The summed E-state index contributed by atoms with van der Waals surface area (Å²) in [5.74, 6) is 1.77. The van der Waals surface area contributed by atoms with E-state index in [9.17, 15) is 4.39 Å². The van der Waals surface area contributed by atoms with Crippen molar-refractivity contribution in [1.82, 2.24) is 9.78 Å². The first-order valence-electron chi connectivity index (χ1n) is 12.9. The predicted octanol–water partition coefficient (Wildman–Crippen LogP) is 7.42. The smallest absolute Gasteiger partial charge is 0.179 e. The van der Waals surface area contributed by atoms with Gasteiger partial charge in [0.25, 0.3) is 0 Å². The molecule has 0 aliphatic carbocycles. The zero-order chi connectivity index (χ0) is 26.5. The Kier molecular flexibility index (Phi) is 5.37. The number of hydrogen-bond donors (Lipinski definition) is 1. The molecule has 1 atom stereocenters. The molecule has 0 bridgehead atoms. The van der Waals surface area contributed by atoms with E-state index in [0.29, 0.717) is 11.7 Å². The minimum absolute atomic E-state index is 0.275. The van der Waals surface area contributed by atoms with Gasteiger partial charge in [0, 0.05) is 11.3 Å². The van der Waals surface area contributed by atoms with Crippen LogP contribution in [0.25, 0.3) is 5.69 Å². The highest BCUT2D eigenvalue weighted by molar-refractivity contribution is 6.51. The fourth-order valence-electron chi connectivity index (χ4n) is 5.28. The van der Waals surface area contributed by atoms with Crippen molar-refractivity contribution < 1.29 is 4.39 Å². The van der Waals surface area contributed by atoms with Crippen LogP contribution in [0.4, 0.5) is 27.3 Å². The second-order valence-electron chi connectivity index (χ2n) is 9.77. The van der Waals surface area contributed by atoms with Crippen LogP contribution >= 0.6 is 0 Å². The molecule has 0 unspecified atom stereocenters. The molecule has 0 saturated heterocycles. The van der Waals surface area contributed by atoms with Crippen molar-refractivity contribution in [2.75, 3.05) is 10.2 Å². The molecule has 2 aliphatic heterocycles. The number of rotatable bonds is 3. The van der Waals surface area contributed by atoms with Gasteiger partial charge in [-0.1, -0.05) is 60.2 Å². The topological polar surface area (TPSA) is 57.8 Å². The molecule has 3 heterocycles. The molecule has 190 valence electrons. The van der Waals surface area contributed by atoms with Gasteiger partial charge in [-0.3, -0.25) is 0 Å². The zero-order valence-electron chi connectivity index (χ0n) is 21.5. The minimum Gasteiger partial charge on any atom is -0.337 e. The number of aromatic nitrogens is 2. The van der Waals surface area contributed by atoms with Crippen LogP contribution in [0.2, 0.25) is 0 Å². The van der Waals surface area contributed by atoms with Gasteiger partial charge in [0.05, 0.1) is 28.8 Å². The van der Waals surface area contributed by atoms with Gasteiger partial charge in [0.15, 0.2) is 17.5 Å². The lowest BCUT2D eigenvalue weighted by atomic mass is 9.93. The monoisotopic (exact) mass is 512 g/mol. The minimum atomic E-state index is -0.294. The lowest BCUT2D eigenvalue weighted by Crippen LogP contribution is -2.46. The third-order valence-electron chi connectivity index (χ3n) is 7.14. The average Bonchev–Trinajstić information content (AvgIpc) is 3.30. The molecule has 7 heteroatoms. The van der Waals surface area contributed by atoms with E-state index in [1.807, 2.05) is 84.4 Å². The number of nitrogens with zero attached hydrogens (tertiary/aromatic N) is 5. The summed E-state index contributed by atoms with van der Waals surface area (Å²) in [6, 6.07) is 32.6. The third kappa shape index (κ3) is 3.90. The summed E-state index contributed by atoms with van der Waals surface area (Å²) >= 11 is 0. The normalized spacial score (nSPS) is 15.6. The van der Waals surface area contributed by atoms with Crippen molar-refractivity contribution in [3.05, 3.63) is 131 Å². The van der Waals surface area contributed by atoms with E-state index in [-0.39, 0.29) is 11.9 Å². The Morgan fingerprint density at radius 2 is 1.49 bits per heavy atom. The van der Waals surface area contributed by atoms with Crippen LogP contribution in [0.5, 0.6) is 0 Å². The molecule has 0 spiro atoms. The predicted molar refractivity (Wildman–Crippen MR) is 154 cm³/mol. The van der Waals surface area contributed by atoms with Gasteiger partial charge in [0.1, 0.15) is 5.82 Å². The Hall–Kier alpha value is -5.04. The molecular weight excluding hydrogens is 487 g/mol. The number of benzene rings is 4. The molecule has 1 N–H and O–H groups in total. The standard InChI is InChI=1S/C32H25FN6/c1-20-12-18-24(19-13-20)34-30-32-36-31-28(21(2)37-39(31)25-8-4-3-5-9-25)29(22-14-16-23(33)17-15-22)38(32)27-11-7-6-10-26(27)35-30/h3-19,29H,1-2H3,(H,34,35)/t29-/m0/s1. The van der Waals surface area contributed by atoms with Crippen molar-refractivity contribution in [2.24, 2.45) is 9.98 Å². The first-order chi connectivity index (χ1) is 19.1. The second-order valence-corrected chi connectivity index (χ2v) is 9.77. The molecule has 0 saturated carbocycles. The van der Waals surface area contributed by atoms with Crippen molar-refractivity contribution in [3.8, 4) is 5.69 Å². The summed E-state index contributed by atoms with van der Waals surface area (Å²) in [5.41, 5.74) is 7.53. The molecule has 2 aliphatic rings. The van der Waals surface area contributed by atoms with Gasteiger partial charge in [-0.25, -0.2) is 19.1 Å². The molecular formula is C32H25FN6. The first-order valence-corrected chi connectivity index (χ1v) is 12.9. The summed E-state index contributed by atoms with van der Waals surface area (Å²) in [4.78, 5) is 12.4. The van der Waals surface area contributed by atoms with E-state index in [4.69, 9.17) is 15.1 Å². The number of hydrogen-bond acceptors (Lipinski definition) is 5. The van der Waals surface area contributed by atoms with Crippen molar-refractivity contribution >= 4 is 34.6 Å². The largest absolute Gasteiger partial charge is 0.337 e. The van der Waals surface area contributed by atoms with Gasteiger partial charge in [-0.2, -0.15) is 5.10 Å². The van der Waals surface area contributed by atoms with Gasteiger partial charge >= 0.3 is 0 Å². The van der Waals surface area contributed by atoms with Crippen LogP contribution in [-0.4, -0.2) is 21.5 Å². The number of amidine groups is 2. The summed E-state index contributed by atoms with van der Waals surface area (Å²) in [6.07, 6.45) is 0. The Labute approximate surface area is 225 Å². The molecule has 7 rings (SSSR count). The van der Waals surface area contributed by atoms with Crippen LogP contribution in [0.15, 0.2) is 113 Å². The molecule has 1 aromatic heterocycles. The quantitative estimate of drug-likeness (QED) is 0.274. The Morgan fingerprint density at radius 3 is 2.26 bits per heavy atom. The number of halogens is 1. The van der Waals surface area contributed by atoms with E-state index in [1.54, 1.807) is 0 Å². The van der Waals surface area contributed by atoms with Crippen molar-refractivity contribution in [1.29, 1.82) is 0 Å². The molecule has 6 nitrogen and oxygen atoms in total. The van der Waals surface area contributed by atoms with E-state index >= 15 is 0 Å². The second kappa shape index (κ2) is 9.06. The van der Waals surface area contributed by atoms with Crippen LogP contribution in [0, 0.1) is 19.7 Å². The summed E-state index contributed by atoms with van der Waals surface area (Å²) in [6.45, 7) is 4.07. The lowest BCUT2D eigenvalue weighted by molar-refractivity contribution is 0.626. The van der Waals surface area contributed by atoms with Gasteiger partial charge < -0.3 is 10.2 Å². The molecule has 4 aromatic carbocycles. The van der Waals surface area contributed by atoms with Gasteiger partial charge in [-0.15, -0.1) is 0 Å². The fraction of sp³-hybridized carbons (Fsp3) is 0.0938. The maximum Gasteiger partial charge on any atom is 0.179 e. The van der Waals surface area contributed by atoms with Crippen LogP contribution < -0.4 is 10.2 Å². The summed E-state index contributed by atoms with van der Waals surface area (Å²) in [5, 5.41) is 8.45. The molecule has 0 amide bonds. The molecule has 0 radical (unpaired) electrons. The Balaban J connectivity index is 1.49. The van der Waals surface area contributed by atoms with E-state index in [0.717, 1.165) is 45.4 Å². The van der Waals surface area contributed by atoms with E-state index < -0.39 is 0 Å². The number of aliphatic imine (C=N–C) groups is 2. The molecule has 0 fully saturated rings. The third-order valence-corrected chi connectivity index (χ3v) is 7.14. The SMILES string of the molecule is Cc1ccc(NC2=Nc3ccccc3N3C2=Nc2c(c(C)nn2-c2ccccc2)[C@@H]3c2ccc(F)cc2)cc1. The zero-order valence-corrected chi connectivity index (χ0v) is 21.5. The Bertz CT molecular complexity index is 1750. The highest BCUT2D eigenvalue weighted by Crippen LogP contribution is 2.48. The average molecular weight is 513 g/mol. The summed E-state index contributed by atoms with van der Waals surface area (Å²) in [7, 11) is 0. The number of anilines is 2.